The number of rotatable bonds is 1. The van der Waals surface area contributed by atoms with Crippen LogP contribution in [0.3, 0.4) is 0 Å². The Morgan fingerprint density at radius 3 is 2.64 bits per heavy atom. The molecule has 0 aromatic heterocycles. The summed E-state index contributed by atoms with van der Waals surface area (Å²) in [5.41, 5.74) is 3.67. The maximum atomic E-state index is 3.99. The Balaban J connectivity index is 2.79. The molecule has 58 valence electrons. The van der Waals surface area contributed by atoms with Crippen LogP contribution in [0.2, 0.25) is 0 Å². The lowest BCUT2D eigenvalue weighted by atomic mass is 9.95. The predicted molar refractivity (Wildman–Crippen MR) is 50.4 cm³/mol. The molecule has 0 bridgehead atoms. The molecule has 1 aliphatic rings. The van der Waals surface area contributed by atoms with E-state index >= 15 is 0 Å². The van der Waals surface area contributed by atoms with Gasteiger partial charge in [0.05, 0.1) is 0 Å². The van der Waals surface area contributed by atoms with Crippen LogP contribution in [0.5, 0.6) is 0 Å². The first-order valence-electron chi connectivity index (χ1n) is 3.89. The summed E-state index contributed by atoms with van der Waals surface area (Å²) in [6.45, 7) is 9.84. The van der Waals surface area contributed by atoms with Gasteiger partial charge in [0.15, 0.2) is 0 Å². The molecule has 0 heterocycles. The van der Waals surface area contributed by atoms with Crippen molar-refractivity contribution >= 4 is 0 Å². The molecule has 11 heavy (non-hydrogen) atoms. The maximum Gasteiger partial charge on any atom is -0.00946 e. The van der Waals surface area contributed by atoms with Crippen LogP contribution >= 0.6 is 0 Å². The van der Waals surface area contributed by atoms with Crippen LogP contribution in [0.4, 0.5) is 0 Å². The molecular weight excluding hydrogens is 132 g/mol. The summed E-state index contributed by atoms with van der Waals surface area (Å²) in [6, 6.07) is 0. The van der Waals surface area contributed by atoms with Crippen molar-refractivity contribution in [1.29, 1.82) is 0 Å². The Bertz CT molecular complexity index is 239. The smallest absolute Gasteiger partial charge is 0.00946 e. The van der Waals surface area contributed by atoms with E-state index < -0.39 is 0 Å². The van der Waals surface area contributed by atoms with Gasteiger partial charge in [-0.25, -0.2) is 0 Å². The van der Waals surface area contributed by atoms with Crippen molar-refractivity contribution in [1.82, 2.24) is 0 Å². The zero-order chi connectivity index (χ0) is 8.27. The number of allylic oxidation sites excluding steroid dienone is 6. The van der Waals surface area contributed by atoms with Gasteiger partial charge >= 0.3 is 0 Å². The first-order valence-corrected chi connectivity index (χ1v) is 3.89. The number of hydrogen-bond acceptors (Lipinski definition) is 0. The Morgan fingerprint density at radius 2 is 2.09 bits per heavy atom. The number of hydrogen-bond donors (Lipinski definition) is 0. The zero-order valence-electron chi connectivity index (χ0n) is 7.06. The van der Waals surface area contributed by atoms with Crippen molar-refractivity contribution < 1.29 is 0 Å². The molecule has 0 fully saturated rings. The van der Waals surface area contributed by atoms with Crippen LogP contribution in [0, 0.1) is 0 Å². The van der Waals surface area contributed by atoms with E-state index in [1.807, 2.05) is 6.92 Å². The van der Waals surface area contributed by atoms with E-state index in [4.69, 9.17) is 0 Å². The van der Waals surface area contributed by atoms with Gasteiger partial charge in [0.1, 0.15) is 0 Å². The van der Waals surface area contributed by atoms with E-state index in [1.165, 1.54) is 11.1 Å². The van der Waals surface area contributed by atoms with E-state index in [2.05, 4.69) is 31.4 Å². The van der Waals surface area contributed by atoms with Crippen LogP contribution in [-0.4, -0.2) is 0 Å². The first kappa shape index (κ1) is 8.06. The summed E-state index contributed by atoms with van der Waals surface area (Å²) in [4.78, 5) is 0. The molecular formula is C11H14. The topological polar surface area (TPSA) is 0 Å². The highest BCUT2D eigenvalue weighted by molar-refractivity contribution is 5.39. The first-order chi connectivity index (χ1) is 5.20. The molecule has 0 aromatic rings. The van der Waals surface area contributed by atoms with Crippen molar-refractivity contribution in [3.05, 3.63) is 48.1 Å². The predicted octanol–water partition coefficient (Wildman–Crippen LogP) is 3.40. The quantitative estimate of drug-likeness (QED) is 0.497. The lowest BCUT2D eigenvalue weighted by molar-refractivity contribution is 1.08. The molecule has 0 nitrogen and oxygen atoms in total. The molecule has 1 aliphatic carbocycles. The van der Waals surface area contributed by atoms with E-state index in [0.29, 0.717) is 0 Å². The SMILES string of the molecule is C=C(C)/C=C1/CC=CCC1=C. The van der Waals surface area contributed by atoms with Gasteiger partial charge < -0.3 is 0 Å². The van der Waals surface area contributed by atoms with Gasteiger partial charge in [-0.2, -0.15) is 0 Å². The minimum atomic E-state index is 0.999. The second kappa shape index (κ2) is 3.38. The molecule has 0 amide bonds. The molecule has 0 N–H and O–H groups in total. The molecule has 0 aromatic carbocycles. The lowest BCUT2D eigenvalue weighted by Crippen LogP contribution is -1.91. The highest BCUT2D eigenvalue weighted by atomic mass is 14.1. The summed E-state index contributed by atoms with van der Waals surface area (Å²) < 4.78 is 0. The highest BCUT2D eigenvalue weighted by Gasteiger charge is 2.03. The Kier molecular flexibility index (Phi) is 2.48. The fourth-order valence-electron chi connectivity index (χ4n) is 1.17. The molecule has 0 spiro atoms. The van der Waals surface area contributed by atoms with Crippen molar-refractivity contribution in [2.24, 2.45) is 0 Å². The summed E-state index contributed by atoms with van der Waals surface area (Å²) in [5.74, 6) is 0. The third-order valence-corrected chi connectivity index (χ3v) is 1.74. The minimum absolute atomic E-state index is 0.999. The van der Waals surface area contributed by atoms with Crippen molar-refractivity contribution in [2.75, 3.05) is 0 Å². The summed E-state index contributed by atoms with van der Waals surface area (Å²) in [5, 5.41) is 0. The van der Waals surface area contributed by atoms with E-state index in [-0.39, 0.29) is 0 Å². The zero-order valence-corrected chi connectivity index (χ0v) is 7.06. The van der Waals surface area contributed by atoms with Crippen LogP contribution < -0.4 is 0 Å². The lowest BCUT2D eigenvalue weighted by Gasteiger charge is -2.11. The molecule has 0 heteroatoms. The summed E-state index contributed by atoms with van der Waals surface area (Å²) >= 11 is 0. The van der Waals surface area contributed by atoms with E-state index in [0.717, 1.165) is 18.4 Å². The average Bonchev–Trinajstić information content (AvgIpc) is 1.93. The second-order valence-corrected chi connectivity index (χ2v) is 3.00. The van der Waals surface area contributed by atoms with Gasteiger partial charge in [-0.05, 0) is 30.9 Å². The molecule has 0 saturated heterocycles. The Labute approximate surface area is 68.6 Å². The molecule has 0 atom stereocenters. The largest absolute Gasteiger partial charge is 0.0961 e. The van der Waals surface area contributed by atoms with Crippen LogP contribution in [0.25, 0.3) is 0 Å². The minimum Gasteiger partial charge on any atom is -0.0961 e. The fraction of sp³-hybridized carbons (Fsp3) is 0.273. The standard InChI is InChI=1S/C11H14/c1-9(2)8-11-7-5-4-6-10(11)3/h4-5,8H,1,3,6-7H2,2H3/b11-8-. The molecule has 0 unspecified atom stereocenters. The van der Waals surface area contributed by atoms with Crippen LogP contribution in [0.1, 0.15) is 19.8 Å². The third-order valence-electron chi connectivity index (χ3n) is 1.74. The van der Waals surface area contributed by atoms with Gasteiger partial charge in [-0.1, -0.05) is 37.0 Å². The highest BCUT2D eigenvalue weighted by Crippen LogP contribution is 2.22. The van der Waals surface area contributed by atoms with Crippen molar-refractivity contribution in [3.8, 4) is 0 Å². The Morgan fingerprint density at radius 1 is 1.45 bits per heavy atom. The monoisotopic (exact) mass is 146 g/mol. The van der Waals surface area contributed by atoms with Gasteiger partial charge in [0, 0.05) is 0 Å². The summed E-state index contributed by atoms with van der Waals surface area (Å²) in [7, 11) is 0. The van der Waals surface area contributed by atoms with Gasteiger partial charge in [0.2, 0.25) is 0 Å². The second-order valence-electron chi connectivity index (χ2n) is 3.00. The molecule has 0 radical (unpaired) electrons. The van der Waals surface area contributed by atoms with Gasteiger partial charge in [0.25, 0.3) is 0 Å². The maximum absolute atomic E-state index is 3.99. The van der Waals surface area contributed by atoms with Gasteiger partial charge in [-0.15, -0.1) is 0 Å². The van der Waals surface area contributed by atoms with Crippen molar-refractivity contribution in [3.63, 3.8) is 0 Å². The van der Waals surface area contributed by atoms with Crippen LogP contribution in [0.15, 0.2) is 48.1 Å². The van der Waals surface area contributed by atoms with Crippen molar-refractivity contribution in [2.45, 2.75) is 19.8 Å². The van der Waals surface area contributed by atoms with E-state index in [9.17, 15) is 0 Å². The van der Waals surface area contributed by atoms with Crippen LogP contribution in [-0.2, 0) is 0 Å². The fourth-order valence-corrected chi connectivity index (χ4v) is 1.17. The average molecular weight is 146 g/mol. The van der Waals surface area contributed by atoms with Gasteiger partial charge in [-0.3, -0.25) is 0 Å². The molecule has 1 rings (SSSR count). The normalized spacial score (nSPS) is 20.8. The Hall–Kier alpha value is -1.04. The third kappa shape index (κ3) is 2.23. The van der Waals surface area contributed by atoms with E-state index in [1.54, 1.807) is 0 Å². The molecule has 0 aliphatic heterocycles. The summed E-state index contributed by atoms with van der Waals surface area (Å²) in [6.07, 6.45) is 8.48. The molecule has 0 saturated carbocycles.